The maximum Gasteiger partial charge on any atom is 0.0866 e. The van der Waals surface area contributed by atoms with Gasteiger partial charge >= 0.3 is 0 Å². The summed E-state index contributed by atoms with van der Waals surface area (Å²) >= 11 is 0. The summed E-state index contributed by atoms with van der Waals surface area (Å²) < 4.78 is 5.97. The Balaban J connectivity index is 2.02. The summed E-state index contributed by atoms with van der Waals surface area (Å²) in [6.07, 6.45) is 2.63. The third-order valence-corrected chi connectivity index (χ3v) is 4.15. The van der Waals surface area contributed by atoms with Crippen LogP contribution in [0.4, 0.5) is 0 Å². The molecule has 0 bridgehead atoms. The van der Waals surface area contributed by atoms with Crippen LogP contribution in [0.2, 0.25) is 0 Å². The van der Waals surface area contributed by atoms with Gasteiger partial charge in [0.05, 0.1) is 6.10 Å². The molecule has 20 heavy (non-hydrogen) atoms. The molecule has 1 aromatic carbocycles. The Morgan fingerprint density at radius 1 is 1.20 bits per heavy atom. The normalized spacial score (nSPS) is 23.2. The van der Waals surface area contributed by atoms with Gasteiger partial charge in [-0.15, -0.1) is 0 Å². The fraction of sp³-hybridized carbons (Fsp3) is 0.667. The fourth-order valence-electron chi connectivity index (χ4n) is 2.85. The van der Waals surface area contributed by atoms with Crippen LogP contribution in [0.5, 0.6) is 0 Å². The second-order valence-electron chi connectivity index (χ2n) is 6.92. The molecule has 2 rings (SSSR count). The Morgan fingerprint density at radius 2 is 1.90 bits per heavy atom. The molecule has 1 aliphatic rings. The van der Waals surface area contributed by atoms with Crippen LogP contribution >= 0.6 is 0 Å². The second kappa shape index (κ2) is 6.73. The van der Waals surface area contributed by atoms with E-state index in [2.05, 4.69) is 57.3 Å². The Labute approximate surface area is 123 Å². The molecule has 0 saturated carbocycles. The molecule has 1 aliphatic heterocycles. The van der Waals surface area contributed by atoms with E-state index < -0.39 is 0 Å². The molecule has 0 amide bonds. The van der Waals surface area contributed by atoms with Crippen LogP contribution in [-0.2, 0) is 10.2 Å². The molecule has 1 aromatic rings. The van der Waals surface area contributed by atoms with Crippen molar-refractivity contribution >= 4 is 0 Å². The van der Waals surface area contributed by atoms with Gasteiger partial charge in [-0.25, -0.2) is 0 Å². The second-order valence-corrected chi connectivity index (χ2v) is 6.92. The number of hydrogen-bond acceptors (Lipinski definition) is 2. The Morgan fingerprint density at radius 3 is 2.50 bits per heavy atom. The van der Waals surface area contributed by atoms with Crippen molar-refractivity contribution in [3.63, 3.8) is 0 Å². The first kappa shape index (κ1) is 15.5. The van der Waals surface area contributed by atoms with Crippen molar-refractivity contribution in [1.29, 1.82) is 0 Å². The zero-order chi connectivity index (χ0) is 14.6. The summed E-state index contributed by atoms with van der Waals surface area (Å²) in [6.45, 7) is 12.0. The SMILES string of the molecule is CCCNCC1CCOC1c1ccc(C(C)(C)C)cc1. The third-order valence-electron chi connectivity index (χ3n) is 4.15. The van der Waals surface area contributed by atoms with Gasteiger partial charge in [0.2, 0.25) is 0 Å². The van der Waals surface area contributed by atoms with E-state index in [1.165, 1.54) is 24.0 Å². The molecular formula is C18H29NO. The molecule has 0 spiro atoms. The van der Waals surface area contributed by atoms with Crippen molar-refractivity contribution in [2.24, 2.45) is 5.92 Å². The maximum absolute atomic E-state index is 5.97. The Hall–Kier alpha value is -0.860. The Bertz CT molecular complexity index is 404. The minimum atomic E-state index is 0.219. The highest BCUT2D eigenvalue weighted by molar-refractivity contribution is 5.29. The van der Waals surface area contributed by atoms with Crippen molar-refractivity contribution in [3.8, 4) is 0 Å². The van der Waals surface area contributed by atoms with Crippen LogP contribution in [0.1, 0.15) is 57.8 Å². The molecule has 1 fully saturated rings. The summed E-state index contributed by atoms with van der Waals surface area (Å²) in [5, 5.41) is 3.53. The van der Waals surface area contributed by atoms with Crippen molar-refractivity contribution in [3.05, 3.63) is 35.4 Å². The first-order chi connectivity index (χ1) is 9.52. The number of benzene rings is 1. The molecule has 2 unspecified atom stereocenters. The zero-order valence-corrected chi connectivity index (χ0v) is 13.4. The summed E-state index contributed by atoms with van der Waals surface area (Å²) in [5.41, 5.74) is 2.94. The van der Waals surface area contributed by atoms with Gasteiger partial charge in [0, 0.05) is 19.1 Å². The lowest BCUT2D eigenvalue weighted by atomic mass is 9.85. The minimum Gasteiger partial charge on any atom is -0.373 e. The molecule has 0 radical (unpaired) electrons. The van der Waals surface area contributed by atoms with Crippen LogP contribution in [0, 0.1) is 5.92 Å². The monoisotopic (exact) mass is 275 g/mol. The molecule has 0 aromatic heterocycles. The van der Waals surface area contributed by atoms with Crippen LogP contribution in [0.3, 0.4) is 0 Å². The average Bonchev–Trinajstić information content (AvgIpc) is 2.87. The molecule has 1 N–H and O–H groups in total. The number of hydrogen-bond donors (Lipinski definition) is 1. The lowest BCUT2D eigenvalue weighted by Gasteiger charge is -2.22. The summed E-state index contributed by atoms with van der Waals surface area (Å²) in [5.74, 6) is 0.613. The maximum atomic E-state index is 5.97. The van der Waals surface area contributed by atoms with Gasteiger partial charge in [0.25, 0.3) is 0 Å². The molecule has 2 atom stereocenters. The highest BCUT2D eigenvalue weighted by atomic mass is 16.5. The van der Waals surface area contributed by atoms with Crippen molar-refractivity contribution in [1.82, 2.24) is 5.32 Å². The third kappa shape index (κ3) is 3.83. The van der Waals surface area contributed by atoms with E-state index in [0.29, 0.717) is 5.92 Å². The van der Waals surface area contributed by atoms with E-state index in [1.807, 2.05) is 0 Å². The molecule has 0 aliphatic carbocycles. The summed E-state index contributed by atoms with van der Waals surface area (Å²) in [4.78, 5) is 0. The number of rotatable bonds is 5. The smallest absolute Gasteiger partial charge is 0.0866 e. The van der Waals surface area contributed by atoms with E-state index in [-0.39, 0.29) is 11.5 Å². The van der Waals surface area contributed by atoms with E-state index in [9.17, 15) is 0 Å². The van der Waals surface area contributed by atoms with Gasteiger partial charge in [-0.2, -0.15) is 0 Å². The van der Waals surface area contributed by atoms with Crippen LogP contribution < -0.4 is 5.32 Å². The largest absolute Gasteiger partial charge is 0.373 e. The molecule has 1 heterocycles. The van der Waals surface area contributed by atoms with Gasteiger partial charge in [-0.3, -0.25) is 0 Å². The van der Waals surface area contributed by atoms with E-state index in [4.69, 9.17) is 4.74 Å². The predicted octanol–water partition coefficient (Wildman–Crippen LogP) is 4.06. The summed E-state index contributed by atoms with van der Waals surface area (Å²) in [6, 6.07) is 9.02. The minimum absolute atomic E-state index is 0.219. The van der Waals surface area contributed by atoms with Gasteiger partial charge in [-0.05, 0) is 35.9 Å². The lowest BCUT2D eigenvalue weighted by molar-refractivity contribution is 0.0905. The fourth-order valence-corrected chi connectivity index (χ4v) is 2.85. The summed E-state index contributed by atoms with van der Waals surface area (Å²) in [7, 11) is 0. The topological polar surface area (TPSA) is 21.3 Å². The zero-order valence-electron chi connectivity index (χ0n) is 13.4. The highest BCUT2D eigenvalue weighted by Gasteiger charge is 2.29. The lowest BCUT2D eigenvalue weighted by Crippen LogP contribution is -2.25. The Kier molecular flexibility index (Phi) is 5.22. The molecular weight excluding hydrogens is 246 g/mol. The predicted molar refractivity (Wildman–Crippen MR) is 85.1 cm³/mol. The van der Waals surface area contributed by atoms with Gasteiger partial charge < -0.3 is 10.1 Å². The van der Waals surface area contributed by atoms with E-state index >= 15 is 0 Å². The quantitative estimate of drug-likeness (QED) is 0.818. The van der Waals surface area contributed by atoms with Gasteiger partial charge in [-0.1, -0.05) is 52.0 Å². The van der Waals surface area contributed by atoms with E-state index in [1.54, 1.807) is 0 Å². The van der Waals surface area contributed by atoms with Crippen LogP contribution in [0.25, 0.3) is 0 Å². The van der Waals surface area contributed by atoms with Crippen molar-refractivity contribution in [2.75, 3.05) is 19.7 Å². The standard InChI is InChI=1S/C18H29NO/c1-5-11-19-13-15-10-12-20-17(15)14-6-8-16(9-7-14)18(2,3)4/h6-9,15,17,19H,5,10-13H2,1-4H3. The average molecular weight is 275 g/mol. The van der Waals surface area contributed by atoms with Gasteiger partial charge in [0.1, 0.15) is 0 Å². The van der Waals surface area contributed by atoms with Crippen LogP contribution in [-0.4, -0.2) is 19.7 Å². The highest BCUT2D eigenvalue weighted by Crippen LogP contribution is 2.35. The number of nitrogens with one attached hydrogen (secondary N) is 1. The van der Waals surface area contributed by atoms with Gasteiger partial charge in [0.15, 0.2) is 0 Å². The van der Waals surface area contributed by atoms with E-state index in [0.717, 1.165) is 19.7 Å². The number of ether oxygens (including phenoxy) is 1. The van der Waals surface area contributed by atoms with Crippen molar-refractivity contribution < 1.29 is 4.74 Å². The first-order valence-corrected chi connectivity index (χ1v) is 7.95. The molecule has 112 valence electrons. The first-order valence-electron chi connectivity index (χ1n) is 7.95. The van der Waals surface area contributed by atoms with Crippen LogP contribution in [0.15, 0.2) is 24.3 Å². The van der Waals surface area contributed by atoms with Crippen molar-refractivity contribution in [2.45, 2.75) is 52.1 Å². The molecule has 1 saturated heterocycles. The molecule has 2 nitrogen and oxygen atoms in total. The molecule has 2 heteroatoms.